The van der Waals surface area contributed by atoms with Crippen LogP contribution in [0.25, 0.3) is 28.2 Å². The second-order valence-corrected chi connectivity index (χ2v) is 7.95. The maximum atomic E-state index is 13.9. The monoisotopic (exact) mass is 499 g/mol. The molecule has 0 spiro atoms. The van der Waals surface area contributed by atoms with E-state index in [2.05, 4.69) is 15.9 Å². The molecule has 0 unspecified atom stereocenters. The zero-order valence-corrected chi connectivity index (χ0v) is 18.4. The van der Waals surface area contributed by atoms with Crippen molar-refractivity contribution >= 4 is 21.9 Å². The van der Waals surface area contributed by atoms with Crippen LogP contribution >= 0.6 is 15.9 Å². The van der Waals surface area contributed by atoms with Crippen LogP contribution in [0.1, 0.15) is 15.9 Å². The smallest absolute Gasteiger partial charge is 0.418 e. The second kappa shape index (κ2) is 8.67. The first kappa shape index (κ1) is 21.9. The summed E-state index contributed by atoms with van der Waals surface area (Å²) < 4.78 is 48.9. The van der Waals surface area contributed by atoms with Crippen molar-refractivity contribution in [3.63, 3.8) is 0 Å². The number of esters is 1. The lowest BCUT2D eigenvalue weighted by Gasteiger charge is -2.19. The quantitative estimate of drug-likeness (QED) is 0.274. The highest BCUT2D eigenvalue weighted by atomic mass is 79.9. The predicted octanol–water partition coefficient (Wildman–Crippen LogP) is 7.38. The minimum absolute atomic E-state index is 0.00129. The Morgan fingerprint density at radius 1 is 0.844 bits per heavy atom. The Hall–Kier alpha value is -3.32. The molecule has 3 nitrogen and oxygen atoms in total. The summed E-state index contributed by atoms with van der Waals surface area (Å²) in [7, 11) is 1.28. The second-order valence-electron chi connectivity index (χ2n) is 7.03. The van der Waals surface area contributed by atoms with Crippen molar-refractivity contribution in [3.8, 4) is 28.2 Å². The van der Waals surface area contributed by atoms with Gasteiger partial charge in [0.25, 0.3) is 0 Å². The van der Waals surface area contributed by atoms with Crippen LogP contribution in [0.5, 0.6) is 0 Å². The molecule has 7 heteroatoms. The van der Waals surface area contributed by atoms with Gasteiger partial charge in [-0.15, -0.1) is 0 Å². The first-order valence-electron chi connectivity index (χ1n) is 9.62. The molecule has 0 fully saturated rings. The fraction of sp³-hybridized carbons (Fsp3) is 0.0800. The van der Waals surface area contributed by atoms with Crippen molar-refractivity contribution in [2.24, 2.45) is 0 Å². The summed E-state index contributed by atoms with van der Waals surface area (Å²) in [5.41, 5.74) is 2.01. The Morgan fingerprint density at radius 3 is 2.16 bits per heavy atom. The van der Waals surface area contributed by atoms with E-state index < -0.39 is 17.7 Å². The van der Waals surface area contributed by atoms with E-state index in [9.17, 15) is 18.0 Å². The third-order valence-electron chi connectivity index (χ3n) is 5.05. The molecule has 0 amide bonds. The van der Waals surface area contributed by atoms with Gasteiger partial charge in [0.15, 0.2) is 0 Å². The van der Waals surface area contributed by atoms with Gasteiger partial charge in [0.05, 0.1) is 35.3 Å². The number of carbonyl (C=O) groups excluding carboxylic acids is 1. The van der Waals surface area contributed by atoms with Crippen molar-refractivity contribution in [3.05, 3.63) is 101 Å². The fourth-order valence-corrected chi connectivity index (χ4v) is 3.86. The number of benzene rings is 3. The molecular weight excluding hydrogens is 483 g/mol. The highest BCUT2D eigenvalue weighted by Gasteiger charge is 2.34. The third kappa shape index (κ3) is 4.21. The number of hydrogen-bond donors (Lipinski definition) is 0. The lowest BCUT2D eigenvalue weighted by Crippen LogP contribution is -2.12. The van der Waals surface area contributed by atoms with Gasteiger partial charge in [0, 0.05) is 4.47 Å². The van der Waals surface area contributed by atoms with E-state index in [0.29, 0.717) is 22.5 Å². The molecule has 0 saturated heterocycles. The number of rotatable bonds is 4. The summed E-state index contributed by atoms with van der Waals surface area (Å²) in [4.78, 5) is 12.0. The summed E-state index contributed by atoms with van der Waals surface area (Å²) >= 11 is 3.39. The number of methoxy groups -OCH3 is 1. The molecule has 0 N–H and O–H groups in total. The Balaban J connectivity index is 2.00. The van der Waals surface area contributed by atoms with Gasteiger partial charge in [0.1, 0.15) is 0 Å². The van der Waals surface area contributed by atoms with Crippen LogP contribution in [0.3, 0.4) is 0 Å². The van der Waals surface area contributed by atoms with E-state index in [1.165, 1.54) is 19.2 Å². The lowest BCUT2D eigenvalue weighted by atomic mass is 10.1. The topological polar surface area (TPSA) is 31.2 Å². The molecule has 0 saturated carbocycles. The number of carbonyl (C=O) groups is 1. The molecule has 4 rings (SSSR count). The molecule has 0 aliphatic heterocycles. The fourth-order valence-electron chi connectivity index (χ4n) is 3.60. The van der Waals surface area contributed by atoms with Crippen molar-refractivity contribution in [1.29, 1.82) is 0 Å². The Kier molecular flexibility index (Phi) is 5.93. The number of ether oxygens (including phenoxy) is 1. The summed E-state index contributed by atoms with van der Waals surface area (Å²) in [5, 5.41) is 0. The lowest BCUT2D eigenvalue weighted by molar-refractivity contribution is -0.137. The van der Waals surface area contributed by atoms with Crippen LogP contribution in [0.15, 0.2) is 89.4 Å². The number of aromatic nitrogens is 1. The van der Waals surface area contributed by atoms with Gasteiger partial charge < -0.3 is 9.30 Å². The molecule has 0 bridgehead atoms. The van der Waals surface area contributed by atoms with Crippen LogP contribution in [-0.2, 0) is 10.9 Å². The normalized spacial score (nSPS) is 11.4. The van der Waals surface area contributed by atoms with Crippen molar-refractivity contribution in [2.75, 3.05) is 7.11 Å². The molecular formula is C25H17BrF3NO2. The number of hydrogen-bond acceptors (Lipinski definition) is 2. The number of nitrogens with zero attached hydrogens (tertiary/aromatic N) is 1. The Labute approximate surface area is 191 Å². The van der Waals surface area contributed by atoms with E-state index in [1.54, 1.807) is 47.0 Å². The summed E-state index contributed by atoms with van der Waals surface area (Å²) in [6, 6.07) is 22.9. The third-order valence-corrected chi connectivity index (χ3v) is 5.58. The first-order chi connectivity index (χ1) is 15.3. The van der Waals surface area contributed by atoms with Gasteiger partial charge in [-0.2, -0.15) is 13.2 Å². The number of halogens is 4. The maximum absolute atomic E-state index is 13.9. The zero-order chi connectivity index (χ0) is 22.9. The Bertz CT molecular complexity index is 1280. The first-order valence-corrected chi connectivity index (χ1v) is 10.4. The minimum atomic E-state index is -4.54. The average Bonchev–Trinajstić information content (AvgIpc) is 3.23. The van der Waals surface area contributed by atoms with Crippen molar-refractivity contribution in [2.45, 2.75) is 6.18 Å². The largest absolute Gasteiger partial charge is 0.465 e. The van der Waals surface area contributed by atoms with Gasteiger partial charge >= 0.3 is 12.1 Å². The molecule has 0 aliphatic carbocycles. The molecule has 3 aromatic carbocycles. The van der Waals surface area contributed by atoms with E-state index in [1.807, 2.05) is 24.3 Å². The van der Waals surface area contributed by atoms with Crippen LogP contribution in [-0.4, -0.2) is 17.6 Å². The summed E-state index contributed by atoms with van der Waals surface area (Å²) in [6.45, 7) is 0. The minimum Gasteiger partial charge on any atom is -0.465 e. The molecule has 0 aliphatic rings. The van der Waals surface area contributed by atoms with Crippen LogP contribution in [0, 0.1) is 0 Å². The van der Waals surface area contributed by atoms with E-state index in [0.717, 1.165) is 16.1 Å². The van der Waals surface area contributed by atoms with Crippen molar-refractivity contribution < 1.29 is 22.7 Å². The van der Waals surface area contributed by atoms with E-state index in [-0.39, 0.29) is 5.69 Å². The van der Waals surface area contributed by atoms with Gasteiger partial charge in [-0.05, 0) is 59.7 Å². The number of para-hydroxylation sites is 1. The average molecular weight is 500 g/mol. The zero-order valence-electron chi connectivity index (χ0n) is 16.9. The molecule has 0 radical (unpaired) electrons. The standard InChI is InChI=1S/C25H17BrF3NO2/c1-32-24(31)18-6-4-5-17(15-18)22-14-13-21(16-9-11-19(26)12-10-16)30(22)23-8-3-2-7-20(23)25(27,28)29/h2-15H,1H3. The highest BCUT2D eigenvalue weighted by Crippen LogP contribution is 2.39. The molecule has 0 atom stereocenters. The van der Waals surface area contributed by atoms with Gasteiger partial charge in [-0.3, -0.25) is 0 Å². The summed E-state index contributed by atoms with van der Waals surface area (Å²) in [5.74, 6) is -0.520. The van der Waals surface area contributed by atoms with Gasteiger partial charge in [-0.1, -0.05) is 52.3 Å². The van der Waals surface area contributed by atoms with Gasteiger partial charge in [-0.25, -0.2) is 4.79 Å². The maximum Gasteiger partial charge on any atom is 0.418 e. The SMILES string of the molecule is COC(=O)c1cccc(-c2ccc(-c3ccc(Br)cc3)n2-c2ccccc2C(F)(F)F)c1. The summed E-state index contributed by atoms with van der Waals surface area (Å²) in [6.07, 6.45) is -4.54. The molecule has 1 heterocycles. The number of alkyl halides is 3. The molecule has 32 heavy (non-hydrogen) atoms. The van der Waals surface area contributed by atoms with Crippen LogP contribution in [0.2, 0.25) is 0 Å². The van der Waals surface area contributed by atoms with Crippen LogP contribution < -0.4 is 0 Å². The van der Waals surface area contributed by atoms with E-state index >= 15 is 0 Å². The van der Waals surface area contributed by atoms with Crippen LogP contribution in [0.4, 0.5) is 13.2 Å². The van der Waals surface area contributed by atoms with E-state index in [4.69, 9.17) is 4.74 Å². The molecule has 4 aromatic rings. The molecule has 162 valence electrons. The molecule has 1 aromatic heterocycles. The van der Waals surface area contributed by atoms with Crippen molar-refractivity contribution in [1.82, 2.24) is 4.57 Å². The predicted molar refractivity (Wildman–Crippen MR) is 121 cm³/mol. The van der Waals surface area contributed by atoms with Gasteiger partial charge in [0.2, 0.25) is 0 Å². The highest BCUT2D eigenvalue weighted by molar-refractivity contribution is 9.10. The Morgan fingerprint density at radius 2 is 1.50 bits per heavy atom.